The third-order valence-corrected chi connectivity index (χ3v) is 25.0. The van der Waals surface area contributed by atoms with Gasteiger partial charge in [-0.05, 0) is 276 Å². The Labute approximate surface area is 757 Å². The molecular weight excluding hydrogens is 1660 g/mol. The predicted molar refractivity (Wildman–Crippen MR) is 519 cm³/mol. The van der Waals surface area contributed by atoms with Crippen molar-refractivity contribution in [3.8, 4) is 62.7 Å². The molecule has 0 saturated carbocycles. The lowest BCUT2D eigenvalue weighted by molar-refractivity contribution is 0.604. The standard InChI is InChI=1S/2C58H38F4N4/c1-33-21-34(2)24-41(23-33)47-27-51(61)55(29-49(47)59)65(43-13-5-37(31-63)6-14-43)53-19-11-39-10-18-46-54(20-12-40-9-17-45(53)57(39)58(40)46)66(44-15-7-38(32-64)8-16-44)56-30-50(60)48(28-52(56)62)42-25-35(3)22-36(4)26-42;1-33-6-10-40(26-35(33)3)47-28-51(61)55(30-49(47)59)65(43-18-8-37(32-63)9-19-43)53-24-14-38-13-23-46-54(25-15-39-12-22-45(53)57(38)58(39)46)66(44-20-16-42(64-5)17-21-44)56-31-50(60)48(29-52(56)62)41-11-7-34(2)36(4)27-41/h5-30H,1-4H3;6-31H,1-4H3. The van der Waals surface area contributed by atoms with Crippen LogP contribution in [-0.4, -0.2) is 0 Å². The van der Waals surface area contributed by atoms with Gasteiger partial charge < -0.3 is 19.6 Å². The van der Waals surface area contributed by atoms with Crippen molar-refractivity contribution in [1.29, 1.82) is 15.8 Å². The molecule has 8 nitrogen and oxygen atoms in total. The molecule has 0 saturated heterocycles. The van der Waals surface area contributed by atoms with Gasteiger partial charge in [0.1, 0.15) is 46.5 Å². The van der Waals surface area contributed by atoms with Crippen molar-refractivity contribution in [2.75, 3.05) is 19.6 Å². The summed E-state index contributed by atoms with van der Waals surface area (Å²) in [6.45, 7) is 23.0. The molecule has 0 spiro atoms. The van der Waals surface area contributed by atoms with Crippen LogP contribution in [0.15, 0.2) is 315 Å². The molecule has 20 rings (SSSR count). The largest absolute Gasteiger partial charge is 0.307 e. The zero-order chi connectivity index (χ0) is 91.9. The van der Waals surface area contributed by atoms with Crippen molar-refractivity contribution in [3.05, 3.63) is 435 Å². The first-order valence-corrected chi connectivity index (χ1v) is 42.7. The summed E-state index contributed by atoms with van der Waals surface area (Å²) < 4.78 is 133. The highest BCUT2D eigenvalue weighted by atomic mass is 19.2. The fourth-order valence-electron chi connectivity index (χ4n) is 18.5. The van der Waals surface area contributed by atoms with Crippen molar-refractivity contribution in [1.82, 2.24) is 0 Å². The summed E-state index contributed by atoms with van der Waals surface area (Å²) >= 11 is 0. The Morgan fingerprint density at radius 1 is 0.227 bits per heavy atom. The second-order valence-electron chi connectivity index (χ2n) is 33.6. The Bertz CT molecular complexity index is 7760. The van der Waals surface area contributed by atoms with E-state index in [1.807, 2.05) is 213 Å². The monoisotopic (exact) mass is 1730 g/mol. The van der Waals surface area contributed by atoms with Crippen LogP contribution in [0.1, 0.15) is 61.2 Å². The molecule has 0 unspecified atom stereocenters. The first-order valence-electron chi connectivity index (χ1n) is 42.7. The van der Waals surface area contributed by atoms with E-state index in [4.69, 9.17) is 6.57 Å². The molecule has 20 aromatic rings. The summed E-state index contributed by atoms with van der Waals surface area (Å²) in [6, 6.07) is 96.1. The van der Waals surface area contributed by atoms with E-state index >= 15 is 35.1 Å². The van der Waals surface area contributed by atoms with Crippen molar-refractivity contribution >= 4 is 139 Å². The maximum Gasteiger partial charge on any atom is 0.187 e. The molecule has 0 radical (unpaired) electrons. The number of halogens is 8. The molecule has 0 aliphatic rings. The third-order valence-electron chi connectivity index (χ3n) is 25.0. The van der Waals surface area contributed by atoms with Crippen LogP contribution in [0, 0.1) is 142 Å². The minimum absolute atomic E-state index is 0.0277. The summed E-state index contributed by atoms with van der Waals surface area (Å²) in [4.78, 5) is 10.2. The van der Waals surface area contributed by atoms with Crippen LogP contribution in [0.5, 0.6) is 0 Å². The average Bonchev–Trinajstić information content (AvgIpc) is 0.720. The van der Waals surface area contributed by atoms with Gasteiger partial charge in [0.05, 0.1) is 87.0 Å². The van der Waals surface area contributed by atoms with E-state index < -0.39 is 46.5 Å². The predicted octanol–water partition coefficient (Wildman–Crippen LogP) is 33.5. The highest BCUT2D eigenvalue weighted by Gasteiger charge is 2.31. The van der Waals surface area contributed by atoms with E-state index in [9.17, 15) is 15.8 Å². The van der Waals surface area contributed by atoms with E-state index in [1.165, 1.54) is 48.5 Å². The molecule has 0 bridgehead atoms. The second-order valence-corrected chi connectivity index (χ2v) is 33.6. The van der Waals surface area contributed by atoms with E-state index in [0.717, 1.165) is 93.0 Å². The fraction of sp³-hybridized carbons (Fsp3) is 0.0690. The summed E-state index contributed by atoms with van der Waals surface area (Å²) in [6.07, 6.45) is 0. The zero-order valence-corrected chi connectivity index (χ0v) is 72.6. The molecule has 16 heteroatoms. The van der Waals surface area contributed by atoms with Gasteiger partial charge in [-0.25, -0.2) is 40.0 Å². The Kier molecular flexibility index (Phi) is 21.8. The molecule has 0 aromatic heterocycles. The highest BCUT2D eigenvalue weighted by molar-refractivity contribution is 6.30. The normalized spacial score (nSPS) is 11.3. The molecule has 0 aliphatic heterocycles. The minimum Gasteiger partial charge on any atom is -0.307 e. The Balaban J connectivity index is 0.000000170. The van der Waals surface area contributed by atoms with Crippen LogP contribution >= 0.6 is 0 Å². The Morgan fingerprint density at radius 2 is 0.470 bits per heavy atom. The molecule has 132 heavy (non-hydrogen) atoms. The molecule has 0 fully saturated rings. The summed E-state index contributed by atoms with van der Waals surface area (Å²) in [5.74, 6) is -5.03. The summed E-state index contributed by atoms with van der Waals surface area (Å²) in [7, 11) is 0. The third kappa shape index (κ3) is 15.3. The Hall–Kier alpha value is -16.9. The SMILES string of the molecule is Cc1cc(C)cc(-c2cc(F)c(N(c3ccc(C#N)cc3)c3ccc4ccc5c(N(c6ccc(C#N)cc6)c6cc(F)c(-c7cc(C)cc(C)c7)cc6F)ccc6ccc3c4c65)cc2F)c1.[C-]#[N+]c1ccc(N(c2cc(F)c(-c3ccc(C)c(C)c3)cc2F)c2ccc3ccc4c(N(c5ccc(C#N)cc5)c5cc(F)c(-c6ccc(C)c(C)c6)cc5F)ccc5ccc2c3c54)cc1. The molecule has 0 atom stereocenters. The second kappa shape index (κ2) is 34.0. The van der Waals surface area contributed by atoms with Crippen molar-refractivity contribution in [2.24, 2.45) is 0 Å². The minimum atomic E-state index is -0.654. The van der Waals surface area contributed by atoms with Gasteiger partial charge >= 0.3 is 0 Å². The number of anilines is 12. The van der Waals surface area contributed by atoms with E-state index in [1.54, 1.807) is 129 Å². The van der Waals surface area contributed by atoms with Crippen molar-refractivity contribution < 1.29 is 35.1 Å². The van der Waals surface area contributed by atoms with Gasteiger partial charge in [-0.15, -0.1) is 0 Å². The molecule has 0 heterocycles. The molecule has 636 valence electrons. The van der Waals surface area contributed by atoms with E-state index in [0.29, 0.717) is 106 Å². The van der Waals surface area contributed by atoms with Gasteiger partial charge in [0.25, 0.3) is 0 Å². The lowest BCUT2D eigenvalue weighted by atomic mass is 9.91. The van der Waals surface area contributed by atoms with Gasteiger partial charge in [-0.3, -0.25) is 0 Å². The molecule has 20 aromatic carbocycles. The van der Waals surface area contributed by atoms with Gasteiger partial charge in [0.2, 0.25) is 0 Å². The van der Waals surface area contributed by atoms with Crippen LogP contribution in [0.25, 0.3) is 114 Å². The maximum absolute atomic E-state index is 16.9. The molecular formula is C116H76F8N8. The zero-order valence-electron chi connectivity index (χ0n) is 72.6. The smallest absolute Gasteiger partial charge is 0.187 e. The summed E-state index contributed by atoms with van der Waals surface area (Å²) in [5.41, 5.74) is 16.1. The molecule has 0 N–H and O–H groups in total. The highest BCUT2D eigenvalue weighted by Crippen LogP contribution is 2.53. The lowest BCUT2D eigenvalue weighted by Gasteiger charge is -2.30. The molecule has 0 aliphatic carbocycles. The van der Waals surface area contributed by atoms with Crippen molar-refractivity contribution in [3.63, 3.8) is 0 Å². The lowest BCUT2D eigenvalue weighted by Crippen LogP contribution is -2.14. The number of nitrogens with zero attached hydrogens (tertiary/aromatic N) is 8. The number of nitriles is 3. The maximum atomic E-state index is 16.9. The number of hydrogen-bond acceptors (Lipinski definition) is 7. The van der Waals surface area contributed by atoms with E-state index in [-0.39, 0.29) is 45.0 Å². The number of benzene rings is 20. The summed E-state index contributed by atoms with van der Waals surface area (Å²) in [5, 5.41) is 38.6. The van der Waals surface area contributed by atoms with Gasteiger partial charge in [0, 0.05) is 90.8 Å². The average molecular weight is 1730 g/mol. The van der Waals surface area contributed by atoms with Gasteiger partial charge in [0.15, 0.2) is 5.69 Å². The van der Waals surface area contributed by atoms with Crippen LogP contribution < -0.4 is 19.6 Å². The Morgan fingerprint density at radius 3 is 0.712 bits per heavy atom. The number of aryl methyl sites for hydroxylation is 8. The van der Waals surface area contributed by atoms with Gasteiger partial charge in [-0.1, -0.05) is 180 Å². The van der Waals surface area contributed by atoms with Crippen LogP contribution in [0.2, 0.25) is 0 Å². The fourth-order valence-corrected chi connectivity index (χ4v) is 18.5. The van der Waals surface area contributed by atoms with Crippen LogP contribution in [-0.2, 0) is 0 Å². The van der Waals surface area contributed by atoms with Crippen LogP contribution in [0.3, 0.4) is 0 Å². The van der Waals surface area contributed by atoms with Crippen LogP contribution in [0.4, 0.5) is 109 Å². The first kappa shape index (κ1) is 84.6. The van der Waals surface area contributed by atoms with E-state index in [2.05, 4.69) is 23.1 Å². The van der Waals surface area contributed by atoms with Gasteiger partial charge in [-0.2, -0.15) is 15.8 Å². The number of rotatable bonds is 16. The molecule has 0 amide bonds. The van der Waals surface area contributed by atoms with Crippen molar-refractivity contribution in [2.45, 2.75) is 55.4 Å². The quantitative estimate of drug-likeness (QED) is 0.0541. The topological polar surface area (TPSA) is 88.7 Å². The first-order chi connectivity index (χ1) is 63.8. The number of hydrogen-bond donors (Lipinski definition) is 0.